The van der Waals surface area contributed by atoms with Gasteiger partial charge in [0.25, 0.3) is 0 Å². The average Bonchev–Trinajstić information content (AvgIpc) is 2.99. The lowest BCUT2D eigenvalue weighted by Crippen LogP contribution is -1.93. The number of benzene rings is 1. The number of methoxy groups -OCH3 is 2. The first-order valence-corrected chi connectivity index (χ1v) is 5.74. The van der Waals surface area contributed by atoms with Crippen LogP contribution in [-0.4, -0.2) is 24.2 Å². The highest BCUT2D eigenvalue weighted by molar-refractivity contribution is 5.93. The van der Waals surface area contributed by atoms with Crippen molar-refractivity contribution >= 4 is 10.9 Å². The van der Waals surface area contributed by atoms with E-state index < -0.39 is 0 Å². The van der Waals surface area contributed by atoms with E-state index in [1.807, 2.05) is 24.3 Å². The van der Waals surface area contributed by atoms with Crippen LogP contribution in [-0.2, 0) is 0 Å². The summed E-state index contributed by atoms with van der Waals surface area (Å²) >= 11 is 0. The van der Waals surface area contributed by atoms with Gasteiger partial charge in [-0.1, -0.05) is 0 Å². The Hall–Kier alpha value is -2.56. The third-order valence-electron chi connectivity index (χ3n) is 2.90. The van der Waals surface area contributed by atoms with E-state index >= 15 is 0 Å². The fraction of sp³-hybridized carbons (Fsp3) is 0.143. The topological polar surface area (TPSA) is 57.4 Å². The Bertz CT molecular complexity index is 708. The highest BCUT2D eigenvalue weighted by Gasteiger charge is 2.13. The first kappa shape index (κ1) is 11.5. The molecule has 2 aromatic heterocycles. The van der Waals surface area contributed by atoms with Crippen molar-refractivity contribution in [1.82, 2.24) is 9.97 Å². The van der Waals surface area contributed by atoms with Crippen LogP contribution >= 0.6 is 0 Å². The predicted octanol–water partition coefficient (Wildman–Crippen LogP) is 2.91. The number of aromatic nitrogens is 2. The Morgan fingerprint density at radius 2 is 1.84 bits per heavy atom. The maximum atomic E-state index is 5.40. The van der Waals surface area contributed by atoms with Gasteiger partial charge in [0, 0.05) is 11.5 Å². The van der Waals surface area contributed by atoms with Crippen LogP contribution in [0.5, 0.6) is 11.5 Å². The Morgan fingerprint density at radius 1 is 1.05 bits per heavy atom. The molecule has 96 valence electrons. The standard InChI is InChI=1S/C14H12N2O3/c1-17-12-6-9-10(7-13(12)18-2)15-8-16-14(9)11-4-3-5-19-11/h3-8H,1-2H3. The van der Waals surface area contributed by atoms with Gasteiger partial charge in [-0.15, -0.1) is 0 Å². The number of fused-ring (bicyclic) bond motifs is 1. The highest BCUT2D eigenvalue weighted by Crippen LogP contribution is 2.35. The van der Waals surface area contributed by atoms with Gasteiger partial charge in [0.05, 0.1) is 26.0 Å². The van der Waals surface area contributed by atoms with Gasteiger partial charge in [-0.05, 0) is 18.2 Å². The number of hydrogen-bond donors (Lipinski definition) is 0. The Balaban J connectivity index is 2.30. The molecule has 5 nitrogen and oxygen atoms in total. The maximum absolute atomic E-state index is 5.40. The van der Waals surface area contributed by atoms with Crippen LogP contribution in [0.1, 0.15) is 0 Å². The molecule has 0 aliphatic rings. The van der Waals surface area contributed by atoms with Gasteiger partial charge in [-0.2, -0.15) is 0 Å². The van der Waals surface area contributed by atoms with Crippen LogP contribution in [0.3, 0.4) is 0 Å². The monoisotopic (exact) mass is 256 g/mol. The molecule has 0 radical (unpaired) electrons. The third kappa shape index (κ3) is 1.89. The minimum Gasteiger partial charge on any atom is -0.493 e. The summed E-state index contributed by atoms with van der Waals surface area (Å²) < 4.78 is 16.0. The fourth-order valence-electron chi connectivity index (χ4n) is 1.99. The minimum absolute atomic E-state index is 0.637. The molecular formula is C14H12N2O3. The number of ether oxygens (including phenoxy) is 2. The van der Waals surface area contributed by atoms with Gasteiger partial charge in [0.1, 0.15) is 12.0 Å². The van der Waals surface area contributed by atoms with E-state index in [2.05, 4.69) is 9.97 Å². The molecule has 0 aliphatic heterocycles. The molecule has 0 atom stereocenters. The number of rotatable bonds is 3. The largest absolute Gasteiger partial charge is 0.493 e. The molecule has 0 spiro atoms. The van der Waals surface area contributed by atoms with Gasteiger partial charge >= 0.3 is 0 Å². The first-order valence-electron chi connectivity index (χ1n) is 5.74. The molecule has 0 aliphatic carbocycles. The summed E-state index contributed by atoms with van der Waals surface area (Å²) in [5, 5.41) is 0.857. The second-order valence-electron chi connectivity index (χ2n) is 3.92. The van der Waals surface area contributed by atoms with Crippen LogP contribution in [0, 0.1) is 0 Å². The van der Waals surface area contributed by atoms with E-state index in [4.69, 9.17) is 13.9 Å². The number of nitrogens with zero attached hydrogens (tertiary/aromatic N) is 2. The van der Waals surface area contributed by atoms with Crippen molar-refractivity contribution in [1.29, 1.82) is 0 Å². The van der Waals surface area contributed by atoms with Crippen molar-refractivity contribution < 1.29 is 13.9 Å². The van der Waals surface area contributed by atoms with Crippen LogP contribution in [0.15, 0.2) is 41.3 Å². The van der Waals surface area contributed by atoms with Crippen molar-refractivity contribution in [2.24, 2.45) is 0 Å². The van der Waals surface area contributed by atoms with E-state index in [1.165, 1.54) is 6.33 Å². The van der Waals surface area contributed by atoms with Gasteiger partial charge in [-0.3, -0.25) is 0 Å². The molecule has 3 aromatic rings. The summed E-state index contributed by atoms with van der Waals surface area (Å²) in [5.74, 6) is 1.97. The van der Waals surface area contributed by atoms with Crippen LogP contribution in [0.2, 0.25) is 0 Å². The fourth-order valence-corrected chi connectivity index (χ4v) is 1.99. The molecule has 0 saturated heterocycles. The summed E-state index contributed by atoms with van der Waals surface area (Å²) in [6, 6.07) is 7.36. The van der Waals surface area contributed by atoms with Gasteiger partial charge < -0.3 is 13.9 Å². The second kappa shape index (κ2) is 4.61. The normalized spacial score (nSPS) is 10.6. The number of furan rings is 1. The molecular weight excluding hydrogens is 244 g/mol. The van der Waals surface area contributed by atoms with Gasteiger partial charge in [0.15, 0.2) is 17.3 Å². The summed E-state index contributed by atoms with van der Waals surface area (Å²) in [6.45, 7) is 0. The third-order valence-corrected chi connectivity index (χ3v) is 2.90. The lowest BCUT2D eigenvalue weighted by atomic mass is 10.1. The molecule has 1 aromatic carbocycles. The van der Waals surface area contributed by atoms with E-state index in [-0.39, 0.29) is 0 Å². The Kier molecular flexibility index (Phi) is 2.79. The summed E-state index contributed by atoms with van der Waals surface area (Å²) in [6.07, 6.45) is 3.12. The molecule has 0 saturated carbocycles. The summed E-state index contributed by atoms with van der Waals surface area (Å²) in [5.41, 5.74) is 1.51. The van der Waals surface area contributed by atoms with Crippen molar-refractivity contribution in [3.05, 3.63) is 36.9 Å². The average molecular weight is 256 g/mol. The van der Waals surface area contributed by atoms with Crippen LogP contribution < -0.4 is 9.47 Å². The number of hydrogen-bond acceptors (Lipinski definition) is 5. The molecule has 0 unspecified atom stereocenters. The van der Waals surface area contributed by atoms with E-state index in [9.17, 15) is 0 Å². The van der Waals surface area contributed by atoms with Crippen molar-refractivity contribution in [2.45, 2.75) is 0 Å². The zero-order valence-corrected chi connectivity index (χ0v) is 10.6. The zero-order valence-electron chi connectivity index (χ0n) is 10.6. The summed E-state index contributed by atoms with van der Waals surface area (Å²) in [7, 11) is 3.19. The zero-order chi connectivity index (χ0) is 13.2. The van der Waals surface area contributed by atoms with Gasteiger partial charge in [-0.25, -0.2) is 9.97 Å². The molecule has 19 heavy (non-hydrogen) atoms. The molecule has 2 heterocycles. The van der Waals surface area contributed by atoms with Gasteiger partial charge in [0.2, 0.25) is 0 Å². The SMILES string of the molecule is COc1cc2ncnc(-c3ccco3)c2cc1OC. The molecule has 0 bridgehead atoms. The van der Waals surface area contributed by atoms with E-state index in [1.54, 1.807) is 20.5 Å². The van der Waals surface area contributed by atoms with Crippen LogP contribution in [0.25, 0.3) is 22.4 Å². The molecule has 5 heteroatoms. The van der Waals surface area contributed by atoms with Crippen molar-refractivity contribution in [3.63, 3.8) is 0 Å². The molecule has 0 fully saturated rings. The maximum Gasteiger partial charge on any atom is 0.162 e. The smallest absolute Gasteiger partial charge is 0.162 e. The van der Waals surface area contributed by atoms with Crippen molar-refractivity contribution in [2.75, 3.05) is 14.2 Å². The Labute approximate surface area is 109 Å². The molecule has 0 N–H and O–H groups in total. The highest BCUT2D eigenvalue weighted by atomic mass is 16.5. The second-order valence-corrected chi connectivity index (χ2v) is 3.92. The van der Waals surface area contributed by atoms with Crippen molar-refractivity contribution in [3.8, 4) is 23.0 Å². The first-order chi connectivity index (χ1) is 9.33. The lowest BCUT2D eigenvalue weighted by molar-refractivity contribution is 0.356. The Morgan fingerprint density at radius 3 is 2.53 bits per heavy atom. The molecule has 3 rings (SSSR count). The molecule has 0 amide bonds. The van der Waals surface area contributed by atoms with Crippen LogP contribution in [0.4, 0.5) is 0 Å². The summed E-state index contributed by atoms with van der Waals surface area (Å²) in [4.78, 5) is 8.53. The quantitative estimate of drug-likeness (QED) is 0.721. The lowest BCUT2D eigenvalue weighted by Gasteiger charge is -2.09. The van der Waals surface area contributed by atoms with E-state index in [0.717, 1.165) is 16.6 Å². The minimum atomic E-state index is 0.637. The van der Waals surface area contributed by atoms with E-state index in [0.29, 0.717) is 17.3 Å². The predicted molar refractivity (Wildman–Crippen MR) is 70.3 cm³/mol.